The van der Waals surface area contributed by atoms with E-state index >= 15 is 0 Å². The molecule has 7 nitrogen and oxygen atoms in total. The number of imidazole rings is 1. The van der Waals surface area contributed by atoms with Crippen molar-refractivity contribution in [3.05, 3.63) is 55.7 Å². The zero-order valence-electron chi connectivity index (χ0n) is 15.3. The van der Waals surface area contributed by atoms with Gasteiger partial charge in [-0.3, -0.25) is 19.2 Å². The molecule has 1 fully saturated rings. The molecule has 142 valence electrons. The number of halogens is 1. The molecule has 8 heteroatoms. The number of aromatic amines is 2. The Bertz CT molecular complexity index is 1070. The molecule has 0 saturated carbocycles. The van der Waals surface area contributed by atoms with Crippen molar-refractivity contribution in [1.82, 2.24) is 14.5 Å². The van der Waals surface area contributed by atoms with Crippen LogP contribution in [0.15, 0.2) is 33.9 Å². The molecule has 2 aromatic heterocycles. The lowest BCUT2D eigenvalue weighted by Gasteiger charge is -2.15. The summed E-state index contributed by atoms with van der Waals surface area (Å²) in [6.45, 7) is 2.38. The second-order valence-corrected chi connectivity index (χ2v) is 7.51. The number of aromatic nitrogens is 4. The van der Waals surface area contributed by atoms with Crippen LogP contribution in [0.25, 0.3) is 11.2 Å². The predicted molar refractivity (Wildman–Crippen MR) is 106 cm³/mol. The van der Waals surface area contributed by atoms with Crippen molar-refractivity contribution in [1.29, 1.82) is 0 Å². The Kier molecular flexibility index (Phi) is 4.78. The van der Waals surface area contributed by atoms with Crippen molar-refractivity contribution in [2.24, 2.45) is 7.05 Å². The van der Waals surface area contributed by atoms with Crippen LogP contribution >= 0.6 is 11.6 Å². The molecule has 1 aliphatic heterocycles. The molecule has 0 bridgehead atoms. The summed E-state index contributed by atoms with van der Waals surface area (Å²) in [6, 6.07) is 7.60. The van der Waals surface area contributed by atoms with Crippen LogP contribution in [0, 0.1) is 0 Å². The molecule has 0 spiro atoms. The van der Waals surface area contributed by atoms with E-state index in [9.17, 15) is 9.59 Å². The van der Waals surface area contributed by atoms with Gasteiger partial charge in [-0.05, 0) is 30.5 Å². The molecule has 1 aromatic carbocycles. The Balaban J connectivity index is 1.90. The first kappa shape index (κ1) is 17.9. The number of hydrogen-bond donors (Lipinski definition) is 2. The lowest BCUT2D eigenvalue weighted by Crippen LogP contribution is -2.45. The molecule has 1 aliphatic rings. The highest BCUT2D eigenvalue weighted by molar-refractivity contribution is 6.30. The maximum atomic E-state index is 12.6. The van der Waals surface area contributed by atoms with E-state index in [-0.39, 0.29) is 5.56 Å². The first-order valence-electron chi connectivity index (χ1n) is 9.29. The number of nitrogens with one attached hydrogen (secondary N) is 2. The monoisotopic (exact) mass is 388 g/mol. The van der Waals surface area contributed by atoms with E-state index in [4.69, 9.17) is 11.6 Å². The fraction of sp³-hybridized carbons (Fsp3) is 0.421. The molecular formula is C19H23ClN5O2+. The Morgan fingerprint density at radius 1 is 1.04 bits per heavy atom. The molecular weight excluding hydrogens is 366 g/mol. The molecule has 0 aliphatic carbocycles. The number of hydrogen-bond acceptors (Lipinski definition) is 3. The van der Waals surface area contributed by atoms with Gasteiger partial charge in [-0.2, -0.15) is 0 Å². The average Bonchev–Trinajstić information content (AvgIpc) is 2.83. The molecule has 0 atom stereocenters. The molecule has 0 amide bonds. The fourth-order valence-electron chi connectivity index (χ4n) is 3.74. The quantitative estimate of drug-likeness (QED) is 0.673. The Hall–Kier alpha value is -2.54. The largest absolute Gasteiger partial charge is 0.359 e. The summed E-state index contributed by atoms with van der Waals surface area (Å²) in [5.41, 5.74) is 1.26. The van der Waals surface area contributed by atoms with Crippen molar-refractivity contribution in [2.75, 3.05) is 18.0 Å². The maximum absolute atomic E-state index is 12.6. The average molecular weight is 389 g/mol. The van der Waals surface area contributed by atoms with Crippen molar-refractivity contribution in [3.63, 3.8) is 0 Å². The van der Waals surface area contributed by atoms with Crippen LogP contribution in [0.1, 0.15) is 31.2 Å². The summed E-state index contributed by atoms with van der Waals surface area (Å²) in [6.07, 6.45) is 4.66. The van der Waals surface area contributed by atoms with Crippen molar-refractivity contribution < 1.29 is 4.57 Å². The van der Waals surface area contributed by atoms with Gasteiger partial charge in [-0.25, -0.2) is 14.3 Å². The highest BCUT2D eigenvalue weighted by Crippen LogP contribution is 2.18. The van der Waals surface area contributed by atoms with E-state index in [2.05, 4.69) is 14.9 Å². The Morgan fingerprint density at radius 2 is 1.70 bits per heavy atom. The van der Waals surface area contributed by atoms with E-state index in [0.29, 0.717) is 22.7 Å². The molecule has 27 heavy (non-hydrogen) atoms. The second-order valence-electron chi connectivity index (χ2n) is 7.08. The zero-order valence-corrected chi connectivity index (χ0v) is 16.1. The zero-order chi connectivity index (χ0) is 19.0. The predicted octanol–water partition coefficient (Wildman–Crippen LogP) is 1.92. The lowest BCUT2D eigenvalue weighted by molar-refractivity contribution is -0.650. The van der Waals surface area contributed by atoms with Crippen molar-refractivity contribution in [2.45, 2.75) is 32.2 Å². The van der Waals surface area contributed by atoms with Crippen LogP contribution in [0.2, 0.25) is 5.02 Å². The molecule has 3 heterocycles. The van der Waals surface area contributed by atoms with E-state index in [1.807, 2.05) is 28.8 Å². The molecule has 3 aromatic rings. The molecule has 0 radical (unpaired) electrons. The maximum Gasteiger partial charge on any atom is 0.359 e. The van der Waals surface area contributed by atoms with Crippen molar-refractivity contribution >= 4 is 28.7 Å². The second kappa shape index (κ2) is 7.23. The SMILES string of the molecule is Cn1c(=O)[nH]c(=O)c2c1[nH]c(N1CCCCCC1)[n+]2Cc1ccc(Cl)cc1. The number of H-pyrrole nitrogens is 2. The van der Waals surface area contributed by atoms with Gasteiger partial charge in [-0.1, -0.05) is 36.6 Å². The van der Waals surface area contributed by atoms with Crippen LogP contribution in [0.5, 0.6) is 0 Å². The first-order valence-corrected chi connectivity index (χ1v) is 9.66. The first-order chi connectivity index (χ1) is 13.0. The Labute approximate surface area is 161 Å². The highest BCUT2D eigenvalue weighted by atomic mass is 35.5. The summed E-state index contributed by atoms with van der Waals surface area (Å²) in [5.74, 6) is 0.869. The summed E-state index contributed by atoms with van der Waals surface area (Å²) < 4.78 is 3.43. The van der Waals surface area contributed by atoms with Gasteiger partial charge >= 0.3 is 11.6 Å². The standard InChI is InChI=1S/C19H22ClN5O2/c1-23-16-15(17(26)22-19(23)27)25(12-13-6-8-14(20)9-7-13)18(21-16)24-10-4-2-3-5-11-24/h6-9H,2-5,10-12H2,1H3,(H,22,26,27)/p+1. The van der Waals surface area contributed by atoms with E-state index < -0.39 is 5.69 Å². The van der Waals surface area contributed by atoms with Gasteiger partial charge < -0.3 is 0 Å². The molecule has 4 rings (SSSR count). The van der Waals surface area contributed by atoms with Gasteiger partial charge in [0.2, 0.25) is 11.2 Å². The summed E-state index contributed by atoms with van der Waals surface area (Å²) in [4.78, 5) is 32.7. The van der Waals surface area contributed by atoms with E-state index in [1.165, 1.54) is 17.4 Å². The molecule has 1 saturated heterocycles. The minimum absolute atomic E-state index is 0.376. The van der Waals surface area contributed by atoms with Gasteiger partial charge in [0.15, 0.2) is 0 Å². The number of anilines is 1. The number of nitrogens with zero attached hydrogens (tertiary/aromatic N) is 3. The van der Waals surface area contributed by atoms with Crippen LogP contribution < -0.4 is 20.7 Å². The minimum atomic E-state index is -0.421. The topological polar surface area (TPSA) is 77.8 Å². The number of fused-ring (bicyclic) bond motifs is 1. The molecule has 2 N–H and O–H groups in total. The van der Waals surface area contributed by atoms with Crippen LogP contribution in [0.4, 0.5) is 5.95 Å². The van der Waals surface area contributed by atoms with Gasteiger partial charge in [0.25, 0.3) is 5.56 Å². The van der Waals surface area contributed by atoms with Crippen molar-refractivity contribution in [3.8, 4) is 0 Å². The van der Waals surface area contributed by atoms with E-state index in [1.54, 1.807) is 7.05 Å². The number of aryl methyl sites for hydroxylation is 1. The lowest BCUT2D eigenvalue weighted by atomic mass is 10.2. The number of benzene rings is 1. The normalized spacial score (nSPS) is 15.3. The summed E-state index contributed by atoms with van der Waals surface area (Å²) in [7, 11) is 1.66. The highest BCUT2D eigenvalue weighted by Gasteiger charge is 2.28. The van der Waals surface area contributed by atoms with Crippen LogP contribution in [0.3, 0.4) is 0 Å². The van der Waals surface area contributed by atoms with Crippen LogP contribution in [-0.4, -0.2) is 27.6 Å². The van der Waals surface area contributed by atoms with Gasteiger partial charge in [-0.15, -0.1) is 0 Å². The summed E-state index contributed by atoms with van der Waals surface area (Å²) >= 11 is 6.01. The Morgan fingerprint density at radius 3 is 2.37 bits per heavy atom. The van der Waals surface area contributed by atoms with E-state index in [0.717, 1.165) is 37.4 Å². The molecule has 0 unspecified atom stereocenters. The van der Waals surface area contributed by atoms with Gasteiger partial charge in [0, 0.05) is 12.1 Å². The third-order valence-corrected chi connectivity index (χ3v) is 5.47. The smallest absolute Gasteiger partial charge is 0.271 e. The fourth-order valence-corrected chi connectivity index (χ4v) is 3.87. The third-order valence-electron chi connectivity index (χ3n) is 5.22. The number of rotatable bonds is 3. The minimum Gasteiger partial charge on any atom is -0.271 e. The van der Waals surface area contributed by atoms with Crippen LogP contribution in [-0.2, 0) is 13.6 Å². The van der Waals surface area contributed by atoms with Gasteiger partial charge in [0.1, 0.15) is 0 Å². The van der Waals surface area contributed by atoms with Gasteiger partial charge in [0.05, 0.1) is 19.6 Å². The summed E-state index contributed by atoms with van der Waals surface area (Å²) in [5, 5.41) is 0.677. The third kappa shape index (κ3) is 3.39.